The number of aliphatic hydroxyl groups excluding tert-OH is 2. The Labute approximate surface area is 103 Å². The Balaban J connectivity index is 2.20. The largest absolute Gasteiger partial charge is 0.479 e. The van der Waals surface area contributed by atoms with Gasteiger partial charge in [-0.1, -0.05) is 12.1 Å². The van der Waals surface area contributed by atoms with Crippen molar-refractivity contribution in [3.63, 3.8) is 0 Å². The van der Waals surface area contributed by atoms with Gasteiger partial charge in [0, 0.05) is 12.4 Å². The van der Waals surface area contributed by atoms with Gasteiger partial charge in [0.1, 0.15) is 6.10 Å². The SMILES string of the molecule is O=C(O)C(O)C(O)c1ccc(-n2cccn2)cc1. The second-order valence-electron chi connectivity index (χ2n) is 3.77. The van der Waals surface area contributed by atoms with Crippen LogP contribution in [0.4, 0.5) is 0 Å². The van der Waals surface area contributed by atoms with Crippen molar-refractivity contribution in [3.8, 4) is 5.69 Å². The minimum absolute atomic E-state index is 0.334. The Hall–Kier alpha value is -2.18. The Morgan fingerprint density at radius 2 is 1.89 bits per heavy atom. The van der Waals surface area contributed by atoms with Crippen LogP contribution in [0.15, 0.2) is 42.7 Å². The van der Waals surface area contributed by atoms with Gasteiger partial charge in [0.05, 0.1) is 5.69 Å². The van der Waals surface area contributed by atoms with Gasteiger partial charge in [-0.2, -0.15) is 5.10 Å². The number of carbonyl (C=O) groups is 1. The minimum atomic E-state index is -1.83. The van der Waals surface area contributed by atoms with Crippen LogP contribution in [0.2, 0.25) is 0 Å². The van der Waals surface area contributed by atoms with Crippen molar-refractivity contribution >= 4 is 5.97 Å². The van der Waals surface area contributed by atoms with Crippen molar-refractivity contribution in [2.45, 2.75) is 12.2 Å². The summed E-state index contributed by atoms with van der Waals surface area (Å²) in [7, 11) is 0. The topological polar surface area (TPSA) is 95.6 Å². The van der Waals surface area contributed by atoms with Crippen molar-refractivity contribution < 1.29 is 20.1 Å². The Morgan fingerprint density at radius 1 is 1.22 bits per heavy atom. The zero-order chi connectivity index (χ0) is 13.1. The summed E-state index contributed by atoms with van der Waals surface area (Å²) < 4.78 is 1.63. The fourth-order valence-electron chi connectivity index (χ4n) is 1.56. The number of carboxylic acids is 1. The van der Waals surface area contributed by atoms with Crippen LogP contribution in [0.3, 0.4) is 0 Å². The van der Waals surface area contributed by atoms with Crippen molar-refractivity contribution in [2.24, 2.45) is 0 Å². The molecule has 94 valence electrons. The number of aliphatic carboxylic acids is 1. The maximum atomic E-state index is 10.5. The van der Waals surface area contributed by atoms with Crippen LogP contribution >= 0.6 is 0 Å². The lowest BCUT2D eigenvalue weighted by atomic mass is 10.0. The smallest absolute Gasteiger partial charge is 0.335 e. The van der Waals surface area contributed by atoms with Crippen LogP contribution in [0.25, 0.3) is 5.69 Å². The number of nitrogens with zero attached hydrogens (tertiary/aromatic N) is 2. The number of rotatable bonds is 4. The molecule has 1 aromatic carbocycles. The molecule has 0 amide bonds. The molecule has 0 bridgehead atoms. The molecule has 2 aromatic rings. The summed E-state index contributed by atoms with van der Waals surface area (Å²) >= 11 is 0. The molecule has 0 aliphatic carbocycles. The first-order valence-electron chi connectivity index (χ1n) is 5.28. The molecule has 0 fully saturated rings. The van der Waals surface area contributed by atoms with E-state index < -0.39 is 18.2 Å². The molecule has 1 heterocycles. The van der Waals surface area contributed by atoms with E-state index in [0.29, 0.717) is 5.56 Å². The monoisotopic (exact) mass is 248 g/mol. The van der Waals surface area contributed by atoms with E-state index in [1.807, 2.05) is 0 Å². The van der Waals surface area contributed by atoms with Crippen LogP contribution < -0.4 is 0 Å². The zero-order valence-electron chi connectivity index (χ0n) is 9.34. The molecular formula is C12H12N2O4. The molecule has 0 saturated carbocycles. The lowest BCUT2D eigenvalue weighted by Gasteiger charge is -2.14. The van der Waals surface area contributed by atoms with Crippen molar-refractivity contribution in [1.29, 1.82) is 0 Å². The van der Waals surface area contributed by atoms with Gasteiger partial charge >= 0.3 is 5.97 Å². The van der Waals surface area contributed by atoms with Crippen LogP contribution in [-0.4, -0.2) is 37.2 Å². The van der Waals surface area contributed by atoms with Crippen molar-refractivity contribution in [3.05, 3.63) is 48.3 Å². The fourth-order valence-corrected chi connectivity index (χ4v) is 1.56. The third-order valence-corrected chi connectivity index (χ3v) is 2.56. The lowest BCUT2D eigenvalue weighted by molar-refractivity contribution is -0.153. The Bertz CT molecular complexity index is 522. The summed E-state index contributed by atoms with van der Waals surface area (Å²) in [5.74, 6) is -1.46. The molecule has 6 nitrogen and oxygen atoms in total. The van der Waals surface area contributed by atoms with Crippen molar-refractivity contribution in [2.75, 3.05) is 0 Å². The Kier molecular flexibility index (Phi) is 3.40. The average Bonchev–Trinajstić information content (AvgIpc) is 2.91. The third-order valence-electron chi connectivity index (χ3n) is 2.56. The molecular weight excluding hydrogens is 236 g/mol. The maximum Gasteiger partial charge on any atom is 0.335 e. The molecule has 18 heavy (non-hydrogen) atoms. The molecule has 0 aliphatic rings. The second-order valence-corrected chi connectivity index (χ2v) is 3.77. The third kappa shape index (κ3) is 2.39. The highest BCUT2D eigenvalue weighted by Crippen LogP contribution is 2.18. The molecule has 2 unspecified atom stereocenters. The summed E-state index contributed by atoms with van der Waals surface area (Å²) in [6, 6.07) is 8.23. The Morgan fingerprint density at radius 3 is 2.39 bits per heavy atom. The number of aromatic nitrogens is 2. The second kappa shape index (κ2) is 4.99. The molecule has 6 heteroatoms. The summed E-state index contributed by atoms with van der Waals surface area (Å²) in [4.78, 5) is 10.5. The van der Waals surface area contributed by atoms with E-state index >= 15 is 0 Å². The number of carboxylic acid groups (broad SMARTS) is 1. The molecule has 0 spiro atoms. The highest BCUT2D eigenvalue weighted by atomic mass is 16.4. The van der Waals surface area contributed by atoms with Gasteiger partial charge in [-0.25, -0.2) is 9.48 Å². The van der Waals surface area contributed by atoms with E-state index in [4.69, 9.17) is 5.11 Å². The van der Waals surface area contributed by atoms with Crippen molar-refractivity contribution in [1.82, 2.24) is 9.78 Å². The molecule has 3 N–H and O–H groups in total. The van der Waals surface area contributed by atoms with Crippen LogP contribution in [-0.2, 0) is 4.79 Å². The normalized spacial score (nSPS) is 14.1. The average molecular weight is 248 g/mol. The minimum Gasteiger partial charge on any atom is -0.479 e. The summed E-state index contributed by atoms with van der Waals surface area (Å²) in [6.45, 7) is 0. The first kappa shape index (κ1) is 12.3. The lowest BCUT2D eigenvalue weighted by Crippen LogP contribution is -2.27. The van der Waals surface area contributed by atoms with Crippen LogP contribution in [0.5, 0.6) is 0 Å². The van der Waals surface area contributed by atoms with E-state index in [0.717, 1.165) is 5.69 Å². The fraction of sp³-hybridized carbons (Fsp3) is 0.167. The van der Waals surface area contributed by atoms with Gasteiger partial charge in [0.2, 0.25) is 0 Å². The first-order valence-corrected chi connectivity index (χ1v) is 5.28. The maximum absolute atomic E-state index is 10.5. The van der Waals surface area contributed by atoms with E-state index in [-0.39, 0.29) is 0 Å². The molecule has 2 rings (SSSR count). The molecule has 0 radical (unpaired) electrons. The molecule has 2 atom stereocenters. The highest BCUT2D eigenvalue weighted by molar-refractivity contribution is 5.73. The zero-order valence-corrected chi connectivity index (χ0v) is 9.34. The van der Waals surface area contributed by atoms with Crippen LogP contribution in [0, 0.1) is 0 Å². The highest BCUT2D eigenvalue weighted by Gasteiger charge is 2.24. The quantitative estimate of drug-likeness (QED) is 0.725. The van der Waals surface area contributed by atoms with E-state index in [9.17, 15) is 15.0 Å². The number of hydrogen-bond donors (Lipinski definition) is 3. The van der Waals surface area contributed by atoms with E-state index in [1.54, 1.807) is 47.4 Å². The predicted octanol–water partition coefficient (Wildman–Crippen LogP) is 0.351. The summed E-state index contributed by atoms with van der Waals surface area (Å²) in [5, 5.41) is 31.5. The molecule has 0 saturated heterocycles. The van der Waals surface area contributed by atoms with Crippen LogP contribution in [0.1, 0.15) is 11.7 Å². The number of aliphatic hydroxyl groups is 2. The molecule has 1 aromatic heterocycles. The number of hydrogen-bond acceptors (Lipinski definition) is 4. The number of benzene rings is 1. The van der Waals surface area contributed by atoms with Gasteiger partial charge in [-0.3, -0.25) is 0 Å². The van der Waals surface area contributed by atoms with Gasteiger partial charge in [0.15, 0.2) is 6.10 Å². The van der Waals surface area contributed by atoms with Gasteiger partial charge in [-0.05, 0) is 23.8 Å². The standard InChI is InChI=1S/C12H12N2O4/c15-10(11(16)12(17)18)8-2-4-9(5-3-8)14-7-1-6-13-14/h1-7,10-11,15-16H,(H,17,18). The van der Waals surface area contributed by atoms with E-state index in [2.05, 4.69) is 5.10 Å². The van der Waals surface area contributed by atoms with E-state index in [1.165, 1.54) is 0 Å². The predicted molar refractivity (Wildman–Crippen MR) is 62.2 cm³/mol. The summed E-state index contributed by atoms with van der Waals surface area (Å²) in [5.41, 5.74) is 1.11. The van der Waals surface area contributed by atoms with Gasteiger partial charge in [0.25, 0.3) is 0 Å². The van der Waals surface area contributed by atoms with Gasteiger partial charge < -0.3 is 15.3 Å². The molecule has 0 aliphatic heterocycles. The summed E-state index contributed by atoms with van der Waals surface area (Å²) in [6.07, 6.45) is 0.115. The van der Waals surface area contributed by atoms with Gasteiger partial charge in [-0.15, -0.1) is 0 Å². The first-order chi connectivity index (χ1) is 8.59.